The SMILES string of the molecule is CCC1CN(c2ccc(N)cc2S(N)(=O)=O)CCO1. The summed E-state index contributed by atoms with van der Waals surface area (Å²) in [5, 5.41) is 5.26. The van der Waals surface area contributed by atoms with Gasteiger partial charge in [0.15, 0.2) is 0 Å². The van der Waals surface area contributed by atoms with Gasteiger partial charge in [0.2, 0.25) is 10.0 Å². The highest BCUT2D eigenvalue weighted by Gasteiger charge is 2.24. The van der Waals surface area contributed by atoms with E-state index < -0.39 is 10.0 Å². The summed E-state index contributed by atoms with van der Waals surface area (Å²) >= 11 is 0. The number of morpholine rings is 1. The molecule has 0 amide bonds. The van der Waals surface area contributed by atoms with Crippen molar-refractivity contribution in [2.24, 2.45) is 5.14 Å². The molecule has 4 N–H and O–H groups in total. The summed E-state index contributed by atoms with van der Waals surface area (Å²) in [4.78, 5) is 2.06. The van der Waals surface area contributed by atoms with Crippen molar-refractivity contribution >= 4 is 21.4 Å². The molecule has 1 atom stereocenters. The van der Waals surface area contributed by atoms with Crippen molar-refractivity contribution in [3.63, 3.8) is 0 Å². The number of nitrogens with zero attached hydrogens (tertiary/aromatic N) is 1. The lowest BCUT2D eigenvalue weighted by atomic mass is 10.2. The van der Waals surface area contributed by atoms with Gasteiger partial charge in [0.05, 0.1) is 18.4 Å². The zero-order valence-electron chi connectivity index (χ0n) is 10.9. The lowest BCUT2D eigenvalue weighted by Crippen LogP contribution is -2.42. The van der Waals surface area contributed by atoms with Crippen LogP contribution in [-0.4, -0.2) is 34.2 Å². The van der Waals surface area contributed by atoms with E-state index in [1.165, 1.54) is 6.07 Å². The summed E-state index contributed by atoms with van der Waals surface area (Å²) in [6.07, 6.45) is 0.996. The molecule has 1 aliphatic heterocycles. The van der Waals surface area contributed by atoms with Crippen LogP contribution in [0.5, 0.6) is 0 Å². The Kier molecular flexibility index (Phi) is 3.98. The molecule has 0 saturated carbocycles. The van der Waals surface area contributed by atoms with Crippen LogP contribution in [0.1, 0.15) is 13.3 Å². The summed E-state index contributed by atoms with van der Waals surface area (Å²) in [7, 11) is -3.79. The van der Waals surface area contributed by atoms with Gasteiger partial charge in [-0.1, -0.05) is 6.92 Å². The number of nitrogen functional groups attached to an aromatic ring is 1. The number of hydrogen-bond donors (Lipinski definition) is 2. The van der Waals surface area contributed by atoms with Crippen LogP contribution in [0.2, 0.25) is 0 Å². The Labute approximate surface area is 113 Å². The van der Waals surface area contributed by atoms with Gasteiger partial charge in [-0.05, 0) is 24.6 Å². The Hall–Kier alpha value is -1.31. The average molecular weight is 285 g/mol. The highest BCUT2D eigenvalue weighted by atomic mass is 32.2. The van der Waals surface area contributed by atoms with Crippen molar-refractivity contribution in [1.29, 1.82) is 0 Å². The van der Waals surface area contributed by atoms with Gasteiger partial charge < -0.3 is 15.4 Å². The minimum Gasteiger partial charge on any atom is -0.399 e. The third-order valence-electron chi connectivity index (χ3n) is 3.23. The first-order valence-corrected chi connectivity index (χ1v) is 7.75. The van der Waals surface area contributed by atoms with E-state index in [0.717, 1.165) is 6.42 Å². The Morgan fingerprint density at radius 1 is 1.47 bits per heavy atom. The molecule has 0 aromatic heterocycles. The Bertz CT molecular complexity index is 559. The fourth-order valence-electron chi connectivity index (χ4n) is 2.20. The molecule has 1 heterocycles. The predicted molar refractivity (Wildman–Crippen MR) is 74.5 cm³/mol. The standard InChI is InChI=1S/C12H19N3O3S/c1-2-10-8-15(5-6-18-10)11-4-3-9(13)7-12(11)19(14,16)17/h3-4,7,10H,2,5-6,8,13H2,1H3,(H2,14,16,17). The zero-order chi connectivity index (χ0) is 14.0. The van der Waals surface area contributed by atoms with Crippen molar-refractivity contribution in [2.75, 3.05) is 30.3 Å². The number of benzene rings is 1. The minimum absolute atomic E-state index is 0.0734. The van der Waals surface area contributed by atoms with Gasteiger partial charge >= 0.3 is 0 Å². The monoisotopic (exact) mass is 285 g/mol. The highest BCUT2D eigenvalue weighted by molar-refractivity contribution is 7.89. The molecule has 6 nitrogen and oxygen atoms in total. The number of ether oxygens (including phenoxy) is 1. The first kappa shape index (κ1) is 14.1. The fourth-order valence-corrected chi connectivity index (χ4v) is 2.99. The molecule has 0 aliphatic carbocycles. The maximum absolute atomic E-state index is 11.7. The van der Waals surface area contributed by atoms with Crippen molar-refractivity contribution in [3.8, 4) is 0 Å². The van der Waals surface area contributed by atoms with Crippen LogP contribution >= 0.6 is 0 Å². The second-order valence-corrected chi connectivity index (χ2v) is 6.15. The molecule has 0 bridgehead atoms. The van der Waals surface area contributed by atoms with Gasteiger partial charge in [-0.15, -0.1) is 0 Å². The van der Waals surface area contributed by atoms with Gasteiger partial charge in [0, 0.05) is 18.8 Å². The Morgan fingerprint density at radius 2 is 2.21 bits per heavy atom. The van der Waals surface area contributed by atoms with E-state index in [0.29, 0.717) is 31.1 Å². The summed E-state index contributed by atoms with van der Waals surface area (Å²) in [5.74, 6) is 0. The molecule has 7 heteroatoms. The number of anilines is 2. The summed E-state index contributed by atoms with van der Waals surface area (Å²) in [5.41, 5.74) is 6.62. The van der Waals surface area contributed by atoms with Crippen molar-refractivity contribution in [2.45, 2.75) is 24.3 Å². The van der Waals surface area contributed by atoms with Gasteiger partial charge in [-0.2, -0.15) is 0 Å². The number of hydrogen-bond acceptors (Lipinski definition) is 5. The quantitative estimate of drug-likeness (QED) is 0.789. The van der Waals surface area contributed by atoms with E-state index in [4.69, 9.17) is 15.6 Å². The van der Waals surface area contributed by atoms with Crippen LogP contribution < -0.4 is 15.8 Å². The van der Waals surface area contributed by atoms with E-state index in [-0.39, 0.29) is 11.0 Å². The predicted octanol–water partition coefficient (Wildman–Crippen LogP) is 0.531. The van der Waals surface area contributed by atoms with Gasteiger partial charge in [-0.3, -0.25) is 0 Å². The maximum Gasteiger partial charge on any atom is 0.240 e. The van der Waals surface area contributed by atoms with E-state index >= 15 is 0 Å². The molecule has 1 fully saturated rings. The molecule has 1 aromatic carbocycles. The lowest BCUT2D eigenvalue weighted by Gasteiger charge is -2.35. The summed E-state index contributed by atoms with van der Waals surface area (Å²) in [6.45, 7) is 3.91. The van der Waals surface area contributed by atoms with Crippen LogP contribution in [0.3, 0.4) is 0 Å². The van der Waals surface area contributed by atoms with Gasteiger partial charge in [0.1, 0.15) is 4.90 Å². The molecule has 1 unspecified atom stereocenters. The summed E-state index contributed by atoms with van der Waals surface area (Å²) in [6, 6.07) is 4.79. The van der Waals surface area contributed by atoms with Crippen molar-refractivity contribution < 1.29 is 13.2 Å². The van der Waals surface area contributed by atoms with E-state index in [2.05, 4.69) is 0 Å². The molecule has 106 valence electrons. The van der Waals surface area contributed by atoms with E-state index in [1.807, 2.05) is 11.8 Å². The molecule has 1 aromatic rings. The van der Waals surface area contributed by atoms with Crippen LogP contribution in [0.4, 0.5) is 11.4 Å². The highest BCUT2D eigenvalue weighted by Crippen LogP contribution is 2.28. The van der Waals surface area contributed by atoms with E-state index in [1.54, 1.807) is 12.1 Å². The van der Waals surface area contributed by atoms with Crippen LogP contribution in [-0.2, 0) is 14.8 Å². The number of nitrogens with two attached hydrogens (primary N) is 2. The molecule has 0 spiro atoms. The van der Waals surface area contributed by atoms with Crippen molar-refractivity contribution in [1.82, 2.24) is 0 Å². The maximum atomic E-state index is 11.7. The molecule has 1 saturated heterocycles. The largest absolute Gasteiger partial charge is 0.399 e. The Morgan fingerprint density at radius 3 is 2.84 bits per heavy atom. The molecular weight excluding hydrogens is 266 g/mol. The van der Waals surface area contributed by atoms with Crippen LogP contribution in [0, 0.1) is 0 Å². The third kappa shape index (κ3) is 3.17. The van der Waals surface area contributed by atoms with Crippen LogP contribution in [0.15, 0.2) is 23.1 Å². The minimum atomic E-state index is -3.79. The van der Waals surface area contributed by atoms with Crippen LogP contribution in [0.25, 0.3) is 0 Å². The second kappa shape index (κ2) is 5.36. The third-order valence-corrected chi connectivity index (χ3v) is 4.17. The number of primary sulfonamides is 1. The van der Waals surface area contributed by atoms with Crippen molar-refractivity contribution in [3.05, 3.63) is 18.2 Å². The lowest BCUT2D eigenvalue weighted by molar-refractivity contribution is 0.0382. The first-order valence-electron chi connectivity index (χ1n) is 6.20. The molecule has 2 rings (SSSR count). The number of rotatable bonds is 3. The average Bonchev–Trinajstić information content (AvgIpc) is 2.37. The molecule has 0 radical (unpaired) electrons. The first-order chi connectivity index (χ1) is 8.91. The van der Waals surface area contributed by atoms with E-state index in [9.17, 15) is 8.42 Å². The fraction of sp³-hybridized carbons (Fsp3) is 0.500. The molecular formula is C12H19N3O3S. The van der Waals surface area contributed by atoms with Gasteiger partial charge in [-0.25, -0.2) is 13.6 Å². The molecule has 19 heavy (non-hydrogen) atoms. The van der Waals surface area contributed by atoms with Gasteiger partial charge in [0.25, 0.3) is 0 Å². The number of sulfonamides is 1. The Balaban J connectivity index is 2.39. The topological polar surface area (TPSA) is 98.6 Å². The smallest absolute Gasteiger partial charge is 0.240 e. The normalized spacial score (nSPS) is 20.5. The molecule has 1 aliphatic rings. The second-order valence-electron chi connectivity index (χ2n) is 4.62. The summed E-state index contributed by atoms with van der Waals surface area (Å²) < 4.78 is 28.9. The zero-order valence-corrected chi connectivity index (χ0v) is 11.7.